The molecule has 0 N–H and O–H groups in total. The second-order valence-electron chi connectivity index (χ2n) is 3.46. The van der Waals surface area contributed by atoms with Gasteiger partial charge in [-0.25, -0.2) is 4.39 Å². The van der Waals surface area contributed by atoms with E-state index in [2.05, 4.69) is 15.9 Å². The summed E-state index contributed by atoms with van der Waals surface area (Å²) in [6, 6.07) is 4.63. The highest BCUT2D eigenvalue weighted by molar-refractivity contribution is 9.10. The van der Waals surface area contributed by atoms with Crippen molar-refractivity contribution in [2.75, 3.05) is 7.11 Å². The van der Waals surface area contributed by atoms with Crippen LogP contribution in [0.15, 0.2) is 18.2 Å². The van der Waals surface area contributed by atoms with Gasteiger partial charge in [0.25, 0.3) is 0 Å². The lowest BCUT2D eigenvalue weighted by Crippen LogP contribution is -2.15. The van der Waals surface area contributed by atoms with Crippen LogP contribution in [0, 0.1) is 5.82 Å². The maximum atomic E-state index is 13.1. The number of Topliss-reactive ketones (excluding diaryl/α,β-unsaturated/α-hetero) is 1. The summed E-state index contributed by atoms with van der Waals surface area (Å²) in [6.45, 7) is 1.82. The van der Waals surface area contributed by atoms with E-state index in [4.69, 9.17) is 4.74 Å². The molecule has 0 aliphatic rings. The van der Waals surface area contributed by atoms with E-state index in [1.807, 2.05) is 6.92 Å². The Balaban J connectivity index is 2.78. The number of rotatable bonds is 5. The van der Waals surface area contributed by atoms with Crippen molar-refractivity contribution in [3.63, 3.8) is 0 Å². The summed E-state index contributed by atoms with van der Waals surface area (Å²) in [5.74, 6) is -0.0383. The number of alkyl halides is 1. The third-order valence-electron chi connectivity index (χ3n) is 2.33. The second-order valence-corrected chi connectivity index (χ2v) is 4.57. The van der Waals surface area contributed by atoms with Gasteiger partial charge >= 0.3 is 0 Å². The highest BCUT2D eigenvalue weighted by Crippen LogP contribution is 2.21. The molecule has 0 spiro atoms. The lowest BCUT2D eigenvalue weighted by molar-refractivity contribution is -0.118. The summed E-state index contributed by atoms with van der Waals surface area (Å²) in [6.07, 6.45) is 1.04. The van der Waals surface area contributed by atoms with E-state index in [0.29, 0.717) is 12.8 Å². The zero-order valence-electron chi connectivity index (χ0n) is 9.30. The molecular formula is C12H14BrFO2. The number of halogens is 2. The van der Waals surface area contributed by atoms with Gasteiger partial charge in [-0.3, -0.25) is 4.79 Å². The molecule has 88 valence electrons. The molecular weight excluding hydrogens is 275 g/mol. The van der Waals surface area contributed by atoms with Crippen molar-refractivity contribution in [2.45, 2.75) is 24.6 Å². The van der Waals surface area contributed by atoms with Crippen molar-refractivity contribution in [1.29, 1.82) is 0 Å². The number of benzene rings is 1. The van der Waals surface area contributed by atoms with Gasteiger partial charge < -0.3 is 4.74 Å². The van der Waals surface area contributed by atoms with Gasteiger partial charge in [-0.15, -0.1) is 0 Å². The molecule has 0 radical (unpaired) electrons. The number of methoxy groups -OCH3 is 1. The fraction of sp³-hybridized carbons (Fsp3) is 0.417. The average Bonchev–Trinajstić information content (AvgIpc) is 2.30. The first-order chi connectivity index (χ1) is 7.58. The van der Waals surface area contributed by atoms with Crippen molar-refractivity contribution in [1.82, 2.24) is 0 Å². The van der Waals surface area contributed by atoms with Crippen LogP contribution in [0.1, 0.15) is 18.9 Å². The number of hydrogen-bond acceptors (Lipinski definition) is 2. The molecule has 0 aliphatic carbocycles. The predicted octanol–water partition coefficient (Wildman–Crippen LogP) is 3.12. The molecule has 16 heavy (non-hydrogen) atoms. The molecule has 2 nitrogen and oxygen atoms in total. The first kappa shape index (κ1) is 13.2. The highest BCUT2D eigenvalue weighted by Gasteiger charge is 2.14. The van der Waals surface area contributed by atoms with Gasteiger partial charge in [0.05, 0.1) is 11.9 Å². The van der Waals surface area contributed by atoms with E-state index in [1.54, 1.807) is 12.1 Å². The normalized spacial score (nSPS) is 12.2. The number of ketones is 1. The van der Waals surface area contributed by atoms with Gasteiger partial charge in [-0.2, -0.15) is 0 Å². The SMILES string of the molecule is CCC(=O)C(Br)Cc1ccc(F)c(OC)c1. The molecule has 0 saturated heterocycles. The topological polar surface area (TPSA) is 26.3 Å². The maximum Gasteiger partial charge on any atom is 0.165 e. The molecule has 4 heteroatoms. The fourth-order valence-electron chi connectivity index (χ4n) is 1.37. The predicted molar refractivity (Wildman–Crippen MR) is 64.7 cm³/mol. The Morgan fingerprint density at radius 2 is 2.25 bits per heavy atom. The molecule has 0 fully saturated rings. The molecule has 0 saturated carbocycles. The second kappa shape index (κ2) is 5.99. The average molecular weight is 289 g/mol. The van der Waals surface area contributed by atoms with Crippen LogP contribution in [-0.2, 0) is 11.2 Å². The third-order valence-corrected chi connectivity index (χ3v) is 3.16. The summed E-state index contributed by atoms with van der Waals surface area (Å²) in [7, 11) is 1.42. The molecule has 0 heterocycles. The Kier molecular flexibility index (Phi) is 4.93. The molecule has 1 aromatic rings. The third kappa shape index (κ3) is 3.30. The van der Waals surface area contributed by atoms with Crippen LogP contribution in [-0.4, -0.2) is 17.7 Å². The van der Waals surface area contributed by atoms with Crippen LogP contribution in [0.3, 0.4) is 0 Å². The van der Waals surface area contributed by atoms with Gasteiger partial charge in [0.1, 0.15) is 5.78 Å². The summed E-state index contributed by atoms with van der Waals surface area (Å²) >= 11 is 3.32. The summed E-state index contributed by atoms with van der Waals surface area (Å²) < 4.78 is 18.0. The van der Waals surface area contributed by atoms with Gasteiger partial charge in [0, 0.05) is 6.42 Å². The van der Waals surface area contributed by atoms with Crippen molar-refractivity contribution in [3.8, 4) is 5.75 Å². The van der Waals surface area contributed by atoms with Crippen LogP contribution in [0.5, 0.6) is 5.75 Å². The Morgan fingerprint density at radius 3 is 2.81 bits per heavy atom. The fourth-order valence-corrected chi connectivity index (χ4v) is 2.07. The van der Waals surface area contributed by atoms with E-state index in [0.717, 1.165) is 5.56 Å². The molecule has 1 rings (SSSR count). The number of ether oxygens (including phenoxy) is 1. The minimum absolute atomic E-state index is 0.142. The Morgan fingerprint density at radius 1 is 1.56 bits per heavy atom. The monoisotopic (exact) mass is 288 g/mol. The van der Waals surface area contributed by atoms with Crippen LogP contribution < -0.4 is 4.74 Å². The smallest absolute Gasteiger partial charge is 0.165 e. The van der Waals surface area contributed by atoms with Gasteiger partial charge in [-0.05, 0) is 24.1 Å². The molecule has 0 aromatic heterocycles. The zero-order valence-corrected chi connectivity index (χ0v) is 10.9. The Hall–Kier alpha value is -0.900. The Labute approximate surface area is 103 Å². The lowest BCUT2D eigenvalue weighted by Gasteiger charge is -2.09. The van der Waals surface area contributed by atoms with Crippen molar-refractivity contribution in [2.24, 2.45) is 0 Å². The number of carbonyl (C=O) groups is 1. The van der Waals surface area contributed by atoms with Crippen LogP contribution in [0.2, 0.25) is 0 Å². The van der Waals surface area contributed by atoms with Crippen molar-refractivity contribution < 1.29 is 13.9 Å². The lowest BCUT2D eigenvalue weighted by atomic mass is 10.1. The minimum atomic E-state index is -0.390. The largest absolute Gasteiger partial charge is 0.494 e. The van der Waals surface area contributed by atoms with Gasteiger partial charge in [0.15, 0.2) is 11.6 Å². The van der Waals surface area contributed by atoms with E-state index in [1.165, 1.54) is 13.2 Å². The van der Waals surface area contributed by atoms with E-state index in [-0.39, 0.29) is 22.2 Å². The molecule has 1 aromatic carbocycles. The Bertz CT molecular complexity index is 379. The van der Waals surface area contributed by atoms with E-state index in [9.17, 15) is 9.18 Å². The van der Waals surface area contributed by atoms with Gasteiger partial charge in [-0.1, -0.05) is 28.9 Å². The van der Waals surface area contributed by atoms with Crippen molar-refractivity contribution in [3.05, 3.63) is 29.6 Å². The van der Waals surface area contributed by atoms with Crippen molar-refractivity contribution >= 4 is 21.7 Å². The summed E-state index contributed by atoms with van der Waals surface area (Å²) in [5, 5.41) is 0. The summed E-state index contributed by atoms with van der Waals surface area (Å²) in [5.41, 5.74) is 0.877. The molecule has 0 aliphatic heterocycles. The molecule has 0 amide bonds. The van der Waals surface area contributed by atoms with Gasteiger partial charge in [0.2, 0.25) is 0 Å². The number of hydrogen-bond donors (Lipinski definition) is 0. The number of carbonyl (C=O) groups excluding carboxylic acids is 1. The van der Waals surface area contributed by atoms with Crippen LogP contribution in [0.25, 0.3) is 0 Å². The highest BCUT2D eigenvalue weighted by atomic mass is 79.9. The standard InChI is InChI=1S/C12H14BrFO2/c1-3-11(15)9(13)6-8-4-5-10(14)12(7-8)16-2/h4-5,7,9H,3,6H2,1-2H3. The molecule has 0 bridgehead atoms. The van der Waals surface area contributed by atoms with Crippen LogP contribution in [0.4, 0.5) is 4.39 Å². The first-order valence-corrected chi connectivity index (χ1v) is 5.99. The van der Waals surface area contributed by atoms with E-state index >= 15 is 0 Å². The van der Waals surface area contributed by atoms with E-state index < -0.39 is 0 Å². The van der Waals surface area contributed by atoms with Crippen LogP contribution >= 0.6 is 15.9 Å². The quantitative estimate of drug-likeness (QED) is 0.778. The first-order valence-electron chi connectivity index (χ1n) is 5.07. The summed E-state index contributed by atoms with van der Waals surface area (Å²) in [4.78, 5) is 11.2. The maximum absolute atomic E-state index is 13.1. The molecule has 1 atom stereocenters. The molecule has 1 unspecified atom stereocenters. The zero-order chi connectivity index (χ0) is 12.1. The minimum Gasteiger partial charge on any atom is -0.494 e.